The first-order valence-electron chi connectivity index (χ1n) is 8.27. The summed E-state index contributed by atoms with van der Waals surface area (Å²) in [4.78, 5) is 6.26. The topological polar surface area (TPSA) is 61.1 Å². The number of hydrogen-bond donors (Lipinski definition) is 1. The third-order valence-corrected chi connectivity index (χ3v) is 4.34. The van der Waals surface area contributed by atoms with E-state index in [9.17, 15) is 5.11 Å². The number of azo groups is 1. The van der Waals surface area contributed by atoms with Crippen LogP contribution in [0.4, 0.5) is 22.9 Å². The number of pyridine rings is 1. The Hall–Kier alpha value is -2.73. The first-order valence-corrected chi connectivity index (χ1v) is 9.06. The summed E-state index contributed by atoms with van der Waals surface area (Å²) < 4.78 is 0.874. The normalized spacial score (nSPS) is 11.0. The highest BCUT2D eigenvalue weighted by Gasteiger charge is 2.10. The van der Waals surface area contributed by atoms with E-state index in [0.717, 1.165) is 22.4 Å². The minimum Gasteiger partial charge on any atom is -0.506 e. The number of aromatic nitrogens is 1. The molecule has 0 aliphatic carbocycles. The number of phenols is 1. The summed E-state index contributed by atoms with van der Waals surface area (Å²) in [5.41, 5.74) is 3.58. The maximum Gasteiger partial charge on any atom is 0.174 e. The molecule has 0 radical (unpaired) electrons. The number of benzene rings is 2. The third kappa shape index (κ3) is 4.26. The monoisotopic (exact) mass is 410 g/mol. The number of nitrogens with zero attached hydrogens (tertiary/aromatic N) is 4. The van der Waals surface area contributed by atoms with Gasteiger partial charge in [-0.25, -0.2) is 4.98 Å². The lowest BCUT2D eigenvalue weighted by Gasteiger charge is -2.24. The van der Waals surface area contributed by atoms with E-state index in [1.54, 1.807) is 24.4 Å². The second kappa shape index (κ2) is 8.10. The number of halogens is 1. The van der Waals surface area contributed by atoms with Crippen LogP contribution in [-0.4, -0.2) is 16.6 Å². The van der Waals surface area contributed by atoms with Gasteiger partial charge in [0.05, 0.1) is 0 Å². The number of anilines is 2. The number of hydrogen-bond acceptors (Lipinski definition) is 5. The van der Waals surface area contributed by atoms with Crippen LogP contribution in [0.3, 0.4) is 0 Å². The molecule has 0 spiro atoms. The van der Waals surface area contributed by atoms with Gasteiger partial charge >= 0.3 is 0 Å². The van der Waals surface area contributed by atoms with Gasteiger partial charge in [0.2, 0.25) is 0 Å². The van der Waals surface area contributed by atoms with Crippen LogP contribution in [0.1, 0.15) is 12.5 Å². The summed E-state index contributed by atoms with van der Waals surface area (Å²) in [6.45, 7) is 4.92. The molecule has 0 saturated heterocycles. The fraction of sp³-hybridized carbons (Fsp3) is 0.150. The van der Waals surface area contributed by atoms with Gasteiger partial charge in [0.15, 0.2) is 5.82 Å². The fourth-order valence-corrected chi connectivity index (χ4v) is 2.84. The Balaban J connectivity index is 1.85. The molecule has 1 heterocycles. The van der Waals surface area contributed by atoms with Gasteiger partial charge in [-0.05, 0) is 71.7 Å². The van der Waals surface area contributed by atoms with E-state index in [0.29, 0.717) is 11.5 Å². The van der Waals surface area contributed by atoms with Crippen molar-refractivity contribution < 1.29 is 5.11 Å². The van der Waals surface area contributed by atoms with E-state index in [1.807, 2.05) is 18.2 Å². The van der Waals surface area contributed by atoms with Gasteiger partial charge < -0.3 is 10.0 Å². The molecular formula is C20H19BrN4O. The first-order chi connectivity index (χ1) is 12.6. The van der Waals surface area contributed by atoms with Crippen molar-refractivity contribution in [1.29, 1.82) is 0 Å². The zero-order chi connectivity index (χ0) is 18.5. The molecule has 1 N–H and O–H groups in total. The lowest BCUT2D eigenvalue weighted by molar-refractivity contribution is 0.476. The Morgan fingerprint density at radius 1 is 1.04 bits per heavy atom. The van der Waals surface area contributed by atoms with Crippen LogP contribution >= 0.6 is 15.9 Å². The molecule has 0 amide bonds. The summed E-state index contributed by atoms with van der Waals surface area (Å²) in [6.07, 6.45) is 1.65. The molecule has 1 aromatic heterocycles. The SMILES string of the molecule is CCN(c1cccc(C)c1)c1ccc(/N=N/c2ccc(Br)cn2)c(O)c1. The molecule has 5 nitrogen and oxygen atoms in total. The standard InChI is InChI=1S/C20H19BrN4O/c1-3-25(16-6-4-5-14(2)11-16)17-8-9-18(19(26)12-17)23-24-20-10-7-15(21)13-22-20/h4-13,26H,3H2,1-2H3/b24-23+. The van der Waals surface area contributed by atoms with Crippen LogP contribution in [0.25, 0.3) is 0 Å². The molecule has 3 aromatic rings. The molecular weight excluding hydrogens is 392 g/mol. The van der Waals surface area contributed by atoms with Gasteiger partial charge in [0.25, 0.3) is 0 Å². The lowest BCUT2D eigenvalue weighted by atomic mass is 10.1. The molecule has 0 atom stereocenters. The number of phenolic OH excluding ortho intramolecular Hbond substituents is 1. The summed E-state index contributed by atoms with van der Waals surface area (Å²) in [7, 11) is 0. The number of aromatic hydroxyl groups is 1. The number of rotatable bonds is 5. The van der Waals surface area contributed by atoms with E-state index in [-0.39, 0.29) is 5.75 Å². The molecule has 0 aliphatic rings. The Morgan fingerprint density at radius 3 is 2.50 bits per heavy atom. The summed E-state index contributed by atoms with van der Waals surface area (Å²) in [5.74, 6) is 0.557. The number of aryl methyl sites for hydroxylation is 1. The zero-order valence-electron chi connectivity index (χ0n) is 14.6. The van der Waals surface area contributed by atoms with E-state index in [1.165, 1.54) is 5.56 Å². The van der Waals surface area contributed by atoms with Crippen LogP contribution in [0.5, 0.6) is 5.75 Å². The smallest absolute Gasteiger partial charge is 0.174 e. The van der Waals surface area contributed by atoms with Gasteiger partial charge in [-0.2, -0.15) is 0 Å². The summed E-state index contributed by atoms with van der Waals surface area (Å²) in [6, 6.07) is 17.2. The highest BCUT2D eigenvalue weighted by Crippen LogP contribution is 2.35. The van der Waals surface area contributed by atoms with Crippen LogP contribution < -0.4 is 4.90 Å². The second-order valence-corrected chi connectivity index (χ2v) is 6.71. The zero-order valence-corrected chi connectivity index (χ0v) is 16.2. The molecule has 3 rings (SSSR count). The first kappa shape index (κ1) is 18.1. The molecule has 0 saturated carbocycles. The third-order valence-electron chi connectivity index (χ3n) is 3.87. The maximum absolute atomic E-state index is 10.4. The lowest BCUT2D eigenvalue weighted by Crippen LogP contribution is -2.15. The Labute approximate surface area is 161 Å². The molecule has 0 aliphatic heterocycles. The molecule has 6 heteroatoms. The molecule has 0 bridgehead atoms. The summed E-state index contributed by atoms with van der Waals surface area (Å²) in [5, 5.41) is 18.5. The average molecular weight is 411 g/mol. The van der Waals surface area contributed by atoms with Crippen molar-refractivity contribution in [3.05, 3.63) is 70.8 Å². The van der Waals surface area contributed by atoms with Crippen molar-refractivity contribution >= 4 is 38.8 Å². The molecule has 0 unspecified atom stereocenters. The maximum atomic E-state index is 10.4. The van der Waals surface area contributed by atoms with E-state index >= 15 is 0 Å². The molecule has 0 fully saturated rings. The largest absolute Gasteiger partial charge is 0.506 e. The van der Waals surface area contributed by atoms with Crippen molar-refractivity contribution in [3.8, 4) is 5.75 Å². The predicted octanol–water partition coefficient (Wildman–Crippen LogP) is 6.43. The highest BCUT2D eigenvalue weighted by molar-refractivity contribution is 9.10. The Morgan fingerprint density at radius 2 is 1.85 bits per heavy atom. The second-order valence-electron chi connectivity index (χ2n) is 5.79. The van der Waals surface area contributed by atoms with Crippen molar-refractivity contribution in [2.24, 2.45) is 10.2 Å². The minimum atomic E-state index is 0.0782. The summed E-state index contributed by atoms with van der Waals surface area (Å²) >= 11 is 3.33. The Bertz CT molecular complexity index is 925. The quantitative estimate of drug-likeness (QED) is 0.492. The van der Waals surface area contributed by atoms with Gasteiger partial charge in [-0.1, -0.05) is 12.1 Å². The van der Waals surface area contributed by atoms with E-state index in [2.05, 4.69) is 68.1 Å². The fourth-order valence-electron chi connectivity index (χ4n) is 2.61. The van der Waals surface area contributed by atoms with Crippen LogP contribution in [-0.2, 0) is 0 Å². The van der Waals surface area contributed by atoms with Gasteiger partial charge in [-0.15, -0.1) is 10.2 Å². The van der Waals surface area contributed by atoms with Gasteiger partial charge in [0, 0.05) is 34.7 Å². The van der Waals surface area contributed by atoms with E-state index in [4.69, 9.17) is 0 Å². The van der Waals surface area contributed by atoms with E-state index < -0.39 is 0 Å². The van der Waals surface area contributed by atoms with Gasteiger partial charge in [0.1, 0.15) is 11.4 Å². The van der Waals surface area contributed by atoms with Crippen molar-refractivity contribution in [2.45, 2.75) is 13.8 Å². The molecule has 132 valence electrons. The van der Waals surface area contributed by atoms with Crippen LogP contribution in [0.2, 0.25) is 0 Å². The Kier molecular flexibility index (Phi) is 5.63. The highest BCUT2D eigenvalue weighted by atomic mass is 79.9. The average Bonchev–Trinajstić information content (AvgIpc) is 2.63. The van der Waals surface area contributed by atoms with Crippen molar-refractivity contribution in [3.63, 3.8) is 0 Å². The molecule has 26 heavy (non-hydrogen) atoms. The predicted molar refractivity (Wildman–Crippen MR) is 108 cm³/mol. The molecule has 2 aromatic carbocycles. The van der Waals surface area contributed by atoms with Crippen LogP contribution in [0.15, 0.2) is 75.5 Å². The van der Waals surface area contributed by atoms with Crippen molar-refractivity contribution in [2.75, 3.05) is 11.4 Å². The van der Waals surface area contributed by atoms with Crippen LogP contribution in [0, 0.1) is 6.92 Å². The van der Waals surface area contributed by atoms with Gasteiger partial charge in [-0.3, -0.25) is 0 Å². The van der Waals surface area contributed by atoms with Crippen molar-refractivity contribution in [1.82, 2.24) is 4.98 Å². The minimum absolute atomic E-state index is 0.0782.